The molecule has 0 fully saturated rings. The smallest absolute Gasteiger partial charge is 0.230 e. The minimum atomic E-state index is 0.0426. The molecule has 1 aromatic rings. The van der Waals surface area contributed by atoms with Crippen molar-refractivity contribution in [2.75, 3.05) is 16.8 Å². The zero-order valence-electron chi connectivity index (χ0n) is 16.2. The molecule has 0 bridgehead atoms. The maximum Gasteiger partial charge on any atom is 0.230 e. The third-order valence-electron chi connectivity index (χ3n) is 5.40. The van der Waals surface area contributed by atoms with Crippen LogP contribution >= 0.6 is 0 Å². The summed E-state index contributed by atoms with van der Waals surface area (Å²) in [5, 5.41) is 3.05. The number of rotatable bonds is 6. The third-order valence-corrected chi connectivity index (χ3v) is 5.40. The lowest BCUT2D eigenvalue weighted by atomic mass is 9.92. The van der Waals surface area contributed by atoms with Gasteiger partial charge in [-0.25, -0.2) is 0 Å². The summed E-state index contributed by atoms with van der Waals surface area (Å²) >= 11 is 0. The van der Waals surface area contributed by atoms with Crippen molar-refractivity contribution < 1.29 is 9.59 Å². The molecule has 0 heterocycles. The second-order valence-electron chi connectivity index (χ2n) is 7.49. The van der Waals surface area contributed by atoms with Crippen LogP contribution in [0.25, 0.3) is 0 Å². The highest BCUT2D eigenvalue weighted by molar-refractivity contribution is 5.97. The molecule has 0 saturated heterocycles. The molecular weight excluding hydrogens is 336 g/mol. The fourth-order valence-electron chi connectivity index (χ4n) is 3.86. The topological polar surface area (TPSA) is 49.4 Å². The van der Waals surface area contributed by atoms with Crippen molar-refractivity contribution in [1.29, 1.82) is 0 Å². The van der Waals surface area contributed by atoms with Gasteiger partial charge in [0.25, 0.3) is 0 Å². The summed E-state index contributed by atoms with van der Waals surface area (Å²) in [5.74, 6) is 0.374. The lowest BCUT2D eigenvalue weighted by Gasteiger charge is -2.28. The van der Waals surface area contributed by atoms with Crippen molar-refractivity contribution in [1.82, 2.24) is 0 Å². The van der Waals surface area contributed by atoms with Crippen LogP contribution in [-0.4, -0.2) is 18.4 Å². The molecule has 1 N–H and O–H groups in total. The first-order valence-corrected chi connectivity index (χ1v) is 10.2. The van der Waals surface area contributed by atoms with E-state index in [-0.39, 0.29) is 23.7 Å². The lowest BCUT2D eigenvalue weighted by Crippen LogP contribution is -2.37. The minimum Gasteiger partial charge on any atom is -0.326 e. The normalized spacial score (nSPS) is 21.7. The summed E-state index contributed by atoms with van der Waals surface area (Å²) in [6, 6.07) is 7.72. The molecule has 0 spiro atoms. The van der Waals surface area contributed by atoms with Crippen molar-refractivity contribution in [2.24, 2.45) is 11.8 Å². The zero-order chi connectivity index (χ0) is 19.1. The van der Waals surface area contributed by atoms with Gasteiger partial charge in [0.15, 0.2) is 0 Å². The highest BCUT2D eigenvalue weighted by Crippen LogP contribution is 2.27. The van der Waals surface area contributed by atoms with Crippen molar-refractivity contribution >= 4 is 23.2 Å². The second-order valence-corrected chi connectivity index (χ2v) is 7.49. The number of benzene rings is 1. The number of hydrogen-bond donors (Lipinski definition) is 1. The quantitative estimate of drug-likeness (QED) is 0.714. The highest BCUT2D eigenvalue weighted by Gasteiger charge is 2.25. The van der Waals surface area contributed by atoms with Gasteiger partial charge < -0.3 is 10.2 Å². The van der Waals surface area contributed by atoms with Crippen LogP contribution in [0.2, 0.25) is 0 Å². The van der Waals surface area contributed by atoms with Crippen LogP contribution in [0.3, 0.4) is 0 Å². The van der Waals surface area contributed by atoms with E-state index >= 15 is 0 Å². The van der Waals surface area contributed by atoms with E-state index in [0.29, 0.717) is 6.54 Å². The molecule has 0 aromatic heterocycles. The fraction of sp³-hybridized carbons (Fsp3) is 0.478. The predicted molar refractivity (Wildman–Crippen MR) is 111 cm³/mol. The Labute approximate surface area is 162 Å². The summed E-state index contributed by atoms with van der Waals surface area (Å²) in [5.41, 5.74) is 1.64. The molecule has 3 rings (SSSR count). The van der Waals surface area contributed by atoms with Crippen LogP contribution in [0.1, 0.15) is 51.9 Å². The van der Waals surface area contributed by atoms with Gasteiger partial charge in [0.2, 0.25) is 11.8 Å². The van der Waals surface area contributed by atoms with Gasteiger partial charge in [0.1, 0.15) is 0 Å². The Morgan fingerprint density at radius 1 is 1.04 bits per heavy atom. The average Bonchev–Trinajstić information content (AvgIpc) is 2.73. The molecule has 2 aliphatic rings. The summed E-state index contributed by atoms with van der Waals surface area (Å²) < 4.78 is 0. The van der Waals surface area contributed by atoms with Crippen LogP contribution in [0, 0.1) is 11.8 Å². The van der Waals surface area contributed by atoms with Crippen LogP contribution in [0.4, 0.5) is 11.4 Å². The summed E-state index contributed by atoms with van der Waals surface area (Å²) in [6.45, 7) is 2.78. The highest BCUT2D eigenvalue weighted by atomic mass is 16.2. The Morgan fingerprint density at radius 3 is 2.37 bits per heavy atom. The number of amides is 2. The number of hydrogen-bond acceptors (Lipinski definition) is 2. The molecular formula is C23H30N2O2. The largest absolute Gasteiger partial charge is 0.326 e. The number of anilines is 2. The number of carbonyl (C=O) groups excluding carboxylic acids is 2. The second kappa shape index (κ2) is 9.54. The molecule has 1 aromatic carbocycles. The summed E-state index contributed by atoms with van der Waals surface area (Å²) in [7, 11) is 0. The van der Waals surface area contributed by atoms with Gasteiger partial charge in [-0.1, -0.05) is 37.3 Å². The maximum absolute atomic E-state index is 13.1. The molecule has 0 aliphatic heterocycles. The van der Waals surface area contributed by atoms with E-state index in [4.69, 9.17) is 0 Å². The Hall–Kier alpha value is -2.36. The first-order valence-electron chi connectivity index (χ1n) is 10.2. The number of nitrogens with zero attached hydrogens (tertiary/aromatic N) is 1. The fourth-order valence-corrected chi connectivity index (χ4v) is 3.86. The molecule has 144 valence electrons. The van der Waals surface area contributed by atoms with E-state index < -0.39 is 0 Å². The third kappa shape index (κ3) is 5.09. The standard InChI is InChI=1S/C23H30N2O2/c1-2-16-25(23(27)19-12-7-4-8-13-19)21-15-9-14-20(17-21)24-22(26)18-10-5-3-6-11-18/h3-5,7,9,14-15,17-19H,2,6,8,10-13,16H2,1H3,(H,24,26). The van der Waals surface area contributed by atoms with Gasteiger partial charge in [0, 0.05) is 29.8 Å². The van der Waals surface area contributed by atoms with Crippen molar-refractivity contribution in [3.8, 4) is 0 Å². The molecule has 2 atom stereocenters. The van der Waals surface area contributed by atoms with E-state index in [2.05, 4.69) is 36.5 Å². The molecule has 27 heavy (non-hydrogen) atoms. The molecule has 4 heteroatoms. The van der Waals surface area contributed by atoms with Gasteiger partial charge in [0.05, 0.1) is 0 Å². The SMILES string of the molecule is CCCN(C(=O)C1CC=CCC1)c1cccc(NC(=O)C2CC=CCC2)c1. The minimum absolute atomic E-state index is 0.0426. The van der Waals surface area contributed by atoms with E-state index in [9.17, 15) is 9.59 Å². The van der Waals surface area contributed by atoms with Crippen molar-refractivity contribution in [2.45, 2.75) is 51.9 Å². The molecule has 2 aliphatic carbocycles. The van der Waals surface area contributed by atoms with Crippen molar-refractivity contribution in [3.63, 3.8) is 0 Å². The number of allylic oxidation sites excluding steroid dienone is 4. The number of nitrogens with one attached hydrogen (secondary N) is 1. The van der Waals surface area contributed by atoms with Gasteiger partial charge in [-0.2, -0.15) is 0 Å². The van der Waals surface area contributed by atoms with Gasteiger partial charge >= 0.3 is 0 Å². The first-order chi connectivity index (χ1) is 13.2. The lowest BCUT2D eigenvalue weighted by molar-refractivity contribution is -0.122. The monoisotopic (exact) mass is 366 g/mol. The maximum atomic E-state index is 13.1. The van der Waals surface area contributed by atoms with E-state index in [1.807, 2.05) is 29.2 Å². The zero-order valence-corrected chi connectivity index (χ0v) is 16.2. The molecule has 2 unspecified atom stereocenters. The van der Waals surface area contributed by atoms with Gasteiger partial charge in [-0.15, -0.1) is 0 Å². The molecule has 2 amide bonds. The van der Waals surface area contributed by atoms with Crippen molar-refractivity contribution in [3.05, 3.63) is 48.6 Å². The predicted octanol–water partition coefficient (Wildman–Crippen LogP) is 5.08. The van der Waals surface area contributed by atoms with Crippen LogP contribution in [0.5, 0.6) is 0 Å². The van der Waals surface area contributed by atoms with Crippen LogP contribution in [0.15, 0.2) is 48.6 Å². The molecule has 4 nitrogen and oxygen atoms in total. The Kier molecular flexibility index (Phi) is 6.86. The van der Waals surface area contributed by atoms with Crippen LogP contribution < -0.4 is 10.2 Å². The molecule has 0 saturated carbocycles. The summed E-state index contributed by atoms with van der Waals surface area (Å²) in [6.07, 6.45) is 14.8. The number of carbonyl (C=O) groups is 2. The summed E-state index contributed by atoms with van der Waals surface area (Å²) in [4.78, 5) is 27.5. The molecule has 0 radical (unpaired) electrons. The van der Waals surface area contributed by atoms with Gasteiger partial charge in [-0.05, 0) is 63.1 Å². The van der Waals surface area contributed by atoms with E-state index in [1.165, 1.54) is 0 Å². The Morgan fingerprint density at radius 2 is 1.74 bits per heavy atom. The van der Waals surface area contributed by atoms with Crippen LogP contribution in [-0.2, 0) is 9.59 Å². The van der Waals surface area contributed by atoms with E-state index in [1.54, 1.807) is 0 Å². The Balaban J connectivity index is 1.72. The first kappa shape index (κ1) is 19.4. The van der Waals surface area contributed by atoms with E-state index in [0.717, 1.165) is 56.3 Å². The van der Waals surface area contributed by atoms with Gasteiger partial charge in [-0.3, -0.25) is 9.59 Å². The Bertz CT molecular complexity index is 723. The average molecular weight is 367 g/mol.